The van der Waals surface area contributed by atoms with Crippen LogP contribution in [0.2, 0.25) is 0 Å². The molecule has 0 unspecified atom stereocenters. The summed E-state index contributed by atoms with van der Waals surface area (Å²) in [4.78, 5) is 12.1. The van der Waals surface area contributed by atoms with E-state index in [2.05, 4.69) is 35.0 Å². The lowest BCUT2D eigenvalue weighted by atomic mass is 9.92. The average Bonchev–Trinajstić information content (AvgIpc) is 3.00. The molecule has 138 valence electrons. The quantitative estimate of drug-likeness (QED) is 0.747. The highest BCUT2D eigenvalue weighted by molar-refractivity contribution is 7.25. The van der Waals surface area contributed by atoms with E-state index in [4.69, 9.17) is 4.74 Å². The topological polar surface area (TPSA) is 58.5 Å². The number of fused-ring (bicyclic) bond motifs is 3. The Morgan fingerprint density at radius 1 is 1.19 bits per heavy atom. The molecule has 1 atom stereocenters. The summed E-state index contributed by atoms with van der Waals surface area (Å²) in [6, 6.07) is 6.71. The third kappa shape index (κ3) is 3.29. The smallest absolute Gasteiger partial charge is 0.226 e. The lowest BCUT2D eigenvalue weighted by Crippen LogP contribution is -2.35. The maximum absolute atomic E-state index is 9.93. The van der Waals surface area contributed by atoms with Crippen LogP contribution in [-0.2, 0) is 0 Å². The summed E-state index contributed by atoms with van der Waals surface area (Å²) in [5.74, 6) is 0.678. The van der Waals surface area contributed by atoms with Crippen LogP contribution in [-0.4, -0.2) is 46.2 Å². The maximum Gasteiger partial charge on any atom is 0.226 e. The maximum atomic E-state index is 9.93. The number of aliphatic hydroxyl groups excluding tert-OH is 1. The van der Waals surface area contributed by atoms with Crippen molar-refractivity contribution in [2.24, 2.45) is 0 Å². The number of aliphatic hydroxyl groups is 1. The Balaban J connectivity index is 1.67. The first-order valence-corrected chi connectivity index (χ1v) is 10.0. The Morgan fingerprint density at radius 2 is 1.96 bits per heavy atom. The molecule has 1 aromatic carbocycles. The molecule has 3 aromatic rings. The summed E-state index contributed by atoms with van der Waals surface area (Å²) >= 11 is 1.64. The molecular weight excluding hydrogens is 346 g/mol. The van der Waals surface area contributed by atoms with Gasteiger partial charge in [-0.2, -0.15) is 0 Å². The number of nitrogens with zero attached hydrogens (tertiary/aromatic N) is 3. The molecule has 0 saturated heterocycles. The van der Waals surface area contributed by atoms with Crippen molar-refractivity contribution >= 4 is 31.6 Å². The lowest BCUT2D eigenvalue weighted by molar-refractivity contribution is 0.108. The molecule has 26 heavy (non-hydrogen) atoms. The zero-order valence-electron chi connectivity index (χ0n) is 15.5. The largest absolute Gasteiger partial charge is 0.474 e. The third-order valence-electron chi connectivity index (χ3n) is 5.39. The van der Waals surface area contributed by atoms with E-state index in [1.165, 1.54) is 0 Å². The highest BCUT2D eigenvalue weighted by atomic mass is 32.1. The van der Waals surface area contributed by atoms with Crippen molar-refractivity contribution in [3.05, 3.63) is 30.1 Å². The predicted molar refractivity (Wildman–Crippen MR) is 106 cm³/mol. The Labute approximate surface area is 157 Å². The van der Waals surface area contributed by atoms with E-state index >= 15 is 0 Å². The molecule has 1 fully saturated rings. The Hall–Kier alpha value is -1.76. The van der Waals surface area contributed by atoms with Crippen molar-refractivity contribution in [1.29, 1.82) is 0 Å². The van der Waals surface area contributed by atoms with Crippen molar-refractivity contribution in [3.8, 4) is 5.88 Å². The molecule has 0 radical (unpaired) electrons. The fourth-order valence-corrected chi connectivity index (χ4v) is 4.80. The number of hydrogen-bond donors (Lipinski definition) is 1. The van der Waals surface area contributed by atoms with Gasteiger partial charge in [0.05, 0.1) is 11.5 Å². The zero-order valence-corrected chi connectivity index (χ0v) is 16.3. The van der Waals surface area contributed by atoms with Gasteiger partial charge in [0.25, 0.3) is 0 Å². The van der Waals surface area contributed by atoms with Gasteiger partial charge in [0.1, 0.15) is 17.3 Å². The van der Waals surface area contributed by atoms with E-state index < -0.39 is 6.10 Å². The van der Waals surface area contributed by atoms with Crippen molar-refractivity contribution < 1.29 is 9.84 Å². The fraction of sp³-hybridized carbons (Fsp3) is 0.500. The molecule has 0 spiro atoms. The molecule has 0 amide bonds. The highest BCUT2D eigenvalue weighted by Crippen LogP contribution is 2.39. The van der Waals surface area contributed by atoms with Crippen molar-refractivity contribution in [1.82, 2.24) is 14.9 Å². The highest BCUT2D eigenvalue weighted by Gasteiger charge is 2.25. The van der Waals surface area contributed by atoms with Crippen LogP contribution in [0.3, 0.4) is 0 Å². The summed E-state index contributed by atoms with van der Waals surface area (Å²) in [5.41, 5.74) is 0.901. The first kappa shape index (κ1) is 17.6. The number of aromatic nitrogens is 2. The molecule has 2 aromatic heterocycles. The Kier molecular flexibility index (Phi) is 4.82. The van der Waals surface area contributed by atoms with Crippen LogP contribution < -0.4 is 4.74 Å². The van der Waals surface area contributed by atoms with Crippen LogP contribution in [0.1, 0.15) is 44.3 Å². The van der Waals surface area contributed by atoms with E-state index in [9.17, 15) is 5.11 Å². The van der Waals surface area contributed by atoms with Crippen molar-refractivity contribution in [2.45, 2.75) is 50.9 Å². The molecule has 5 nitrogen and oxygen atoms in total. The minimum absolute atomic E-state index is 0.208. The summed E-state index contributed by atoms with van der Waals surface area (Å²) in [6.45, 7) is 1.78. The summed E-state index contributed by atoms with van der Waals surface area (Å²) in [7, 11) is 4.30. The number of benzene rings is 1. The Bertz CT molecular complexity index is 914. The second-order valence-corrected chi connectivity index (χ2v) is 8.44. The van der Waals surface area contributed by atoms with Crippen LogP contribution in [0.4, 0.5) is 0 Å². The van der Waals surface area contributed by atoms with Gasteiger partial charge in [-0.3, -0.25) is 0 Å². The minimum atomic E-state index is -0.496. The number of ether oxygens (including phenoxy) is 1. The third-order valence-corrected chi connectivity index (χ3v) is 6.47. The fourth-order valence-electron chi connectivity index (χ4n) is 3.78. The molecule has 1 N–H and O–H groups in total. The first-order valence-electron chi connectivity index (χ1n) is 9.21. The van der Waals surface area contributed by atoms with Gasteiger partial charge in [-0.15, -0.1) is 11.3 Å². The monoisotopic (exact) mass is 371 g/mol. The number of thiophene rings is 1. The van der Waals surface area contributed by atoms with Crippen molar-refractivity contribution in [3.63, 3.8) is 0 Å². The van der Waals surface area contributed by atoms with Crippen LogP contribution in [0.25, 0.3) is 20.3 Å². The molecule has 1 aliphatic rings. The summed E-state index contributed by atoms with van der Waals surface area (Å²) in [5, 5.41) is 12.0. The van der Waals surface area contributed by atoms with E-state index in [1.54, 1.807) is 24.6 Å². The lowest BCUT2D eigenvalue weighted by Gasteiger charge is -2.32. The standard InChI is InChI=1S/C20H25N3O2S/c1-12(24)13-4-9-17-16(10-13)18-19(21-11-22-20(18)26-17)25-15-7-5-14(6-8-15)23(2)3/h4,9-12,14-15,24H,5-8H2,1-3H3/t12-,14?,15?/m1/s1. The van der Waals surface area contributed by atoms with Gasteiger partial charge in [-0.05, 0) is 64.4 Å². The van der Waals surface area contributed by atoms with Gasteiger partial charge in [-0.1, -0.05) is 6.07 Å². The van der Waals surface area contributed by atoms with Crippen LogP contribution >= 0.6 is 11.3 Å². The number of rotatable bonds is 4. The number of hydrogen-bond acceptors (Lipinski definition) is 6. The predicted octanol–water partition coefficient (Wildman–Crippen LogP) is 4.15. The second-order valence-electron chi connectivity index (χ2n) is 7.40. The average molecular weight is 372 g/mol. The van der Waals surface area contributed by atoms with Crippen LogP contribution in [0.5, 0.6) is 5.88 Å². The second kappa shape index (κ2) is 7.10. The molecular formula is C20H25N3O2S. The molecule has 4 rings (SSSR count). The van der Waals surface area contributed by atoms with E-state index in [1.807, 2.05) is 12.1 Å². The molecule has 2 heterocycles. The van der Waals surface area contributed by atoms with Gasteiger partial charge >= 0.3 is 0 Å². The molecule has 0 aliphatic heterocycles. The summed E-state index contributed by atoms with van der Waals surface area (Å²) in [6.07, 6.45) is 5.72. The van der Waals surface area contributed by atoms with E-state index in [0.29, 0.717) is 11.9 Å². The van der Waals surface area contributed by atoms with Gasteiger partial charge in [0.2, 0.25) is 5.88 Å². The van der Waals surface area contributed by atoms with Gasteiger partial charge in [0, 0.05) is 16.1 Å². The molecule has 1 aliphatic carbocycles. The molecule has 0 bridgehead atoms. The van der Waals surface area contributed by atoms with E-state index in [0.717, 1.165) is 51.5 Å². The van der Waals surface area contributed by atoms with Gasteiger partial charge < -0.3 is 14.7 Å². The SMILES string of the molecule is C[C@@H](O)c1ccc2sc3ncnc(OC4CCC(N(C)C)CC4)c3c2c1. The van der Waals surface area contributed by atoms with E-state index in [-0.39, 0.29) is 6.10 Å². The molecule has 6 heteroatoms. The minimum Gasteiger partial charge on any atom is -0.474 e. The van der Waals surface area contributed by atoms with Gasteiger partial charge in [0.15, 0.2) is 0 Å². The van der Waals surface area contributed by atoms with Crippen LogP contribution in [0.15, 0.2) is 24.5 Å². The van der Waals surface area contributed by atoms with Crippen LogP contribution in [0, 0.1) is 0 Å². The zero-order chi connectivity index (χ0) is 18.3. The first-order chi connectivity index (χ1) is 12.5. The molecule has 1 saturated carbocycles. The normalized spacial score (nSPS) is 22.2. The van der Waals surface area contributed by atoms with Crippen molar-refractivity contribution in [2.75, 3.05) is 14.1 Å². The Morgan fingerprint density at radius 3 is 2.65 bits per heavy atom. The summed E-state index contributed by atoms with van der Waals surface area (Å²) < 4.78 is 7.48. The van der Waals surface area contributed by atoms with Gasteiger partial charge in [-0.25, -0.2) is 9.97 Å².